The van der Waals surface area contributed by atoms with Crippen LogP contribution in [0.4, 0.5) is 0 Å². The zero-order valence-corrected chi connectivity index (χ0v) is 15.9. The third-order valence-corrected chi connectivity index (χ3v) is 3.89. The minimum Gasteiger partial charge on any atom is -0.394 e. The zero-order chi connectivity index (χ0) is 21.7. The molecule has 0 bridgehead atoms. The van der Waals surface area contributed by atoms with E-state index in [4.69, 9.17) is 25.6 Å². The zero-order valence-electron chi connectivity index (χ0n) is 15.9. The molecule has 1 aliphatic rings. The van der Waals surface area contributed by atoms with Crippen LogP contribution in [0, 0.1) is 0 Å². The molecule has 0 spiro atoms. The molecule has 0 aliphatic carbocycles. The normalized spacial score (nSPS) is 27.5. The Morgan fingerprint density at radius 3 is 2.38 bits per heavy atom. The summed E-state index contributed by atoms with van der Waals surface area (Å²) >= 11 is 0. The molecule has 6 atom stereocenters. The van der Waals surface area contributed by atoms with Gasteiger partial charge in [-0.25, -0.2) is 0 Å². The van der Waals surface area contributed by atoms with Gasteiger partial charge in [-0.1, -0.05) is 24.6 Å². The van der Waals surface area contributed by atoms with Crippen molar-refractivity contribution >= 4 is 5.91 Å². The van der Waals surface area contributed by atoms with Gasteiger partial charge in [0.15, 0.2) is 5.79 Å². The molecule has 1 saturated heterocycles. The van der Waals surface area contributed by atoms with Crippen molar-refractivity contribution in [3.8, 4) is 0 Å². The number of carbonyl (C=O) groups excluding carboxylic acids is 1. The van der Waals surface area contributed by atoms with Crippen LogP contribution in [0.5, 0.6) is 0 Å². The van der Waals surface area contributed by atoms with Crippen LogP contribution >= 0.6 is 0 Å². The first kappa shape index (κ1) is 29.1. The number of amides is 1. The smallest absolute Gasteiger partial charge is 0.226 e. The second kappa shape index (κ2) is 14.8. The van der Waals surface area contributed by atoms with E-state index in [-0.39, 0.29) is 13.8 Å². The van der Waals surface area contributed by atoms with E-state index < -0.39 is 55.3 Å². The van der Waals surface area contributed by atoms with Crippen molar-refractivity contribution in [2.45, 2.75) is 63.9 Å². The Morgan fingerprint density at radius 1 is 1.38 bits per heavy atom. The summed E-state index contributed by atoms with van der Waals surface area (Å²) in [5, 5.41) is 47.6. The Morgan fingerprint density at radius 2 is 1.97 bits per heavy atom. The van der Waals surface area contributed by atoms with Crippen molar-refractivity contribution in [1.29, 1.82) is 0 Å². The summed E-state index contributed by atoms with van der Waals surface area (Å²) in [5.74, 6) is -1.93. The van der Waals surface area contributed by atoms with E-state index in [2.05, 4.69) is 25.4 Å². The number of nitrogens with zero attached hydrogens (tertiary/aromatic N) is 6. The van der Waals surface area contributed by atoms with Crippen molar-refractivity contribution in [1.82, 2.24) is 5.32 Å². The van der Waals surface area contributed by atoms with Gasteiger partial charge in [-0.3, -0.25) is 4.79 Å². The van der Waals surface area contributed by atoms with Gasteiger partial charge in [-0.15, -0.1) is 0 Å². The van der Waals surface area contributed by atoms with Crippen LogP contribution in [0.15, 0.2) is 10.2 Å². The van der Waals surface area contributed by atoms with E-state index in [1.807, 2.05) is 0 Å². The first-order chi connectivity index (χ1) is 13.2. The third kappa shape index (κ3) is 9.74. The first-order valence-electron chi connectivity index (χ1n) is 8.38. The quantitative estimate of drug-likeness (QED) is 0.204. The number of aliphatic hydroxyl groups excluding tert-OH is 4. The van der Waals surface area contributed by atoms with Gasteiger partial charge in [0.25, 0.3) is 0 Å². The van der Waals surface area contributed by atoms with E-state index in [1.54, 1.807) is 6.92 Å². The SMILES string of the molecule is C.CCN=[N+]=[N-].COC1(C)CC(O)C(NC(=O)CN=[N+]=[N-])C(C(O)C(O)CO)O1. The summed E-state index contributed by atoms with van der Waals surface area (Å²) in [6.07, 6.45) is -5.54. The van der Waals surface area contributed by atoms with Crippen LogP contribution in [0.25, 0.3) is 20.9 Å². The molecule has 1 amide bonds. The van der Waals surface area contributed by atoms with Crippen LogP contribution in [0.2, 0.25) is 0 Å². The van der Waals surface area contributed by atoms with Crippen LogP contribution in [0.3, 0.4) is 0 Å². The number of carbonyl (C=O) groups is 1. The van der Waals surface area contributed by atoms with Gasteiger partial charge < -0.3 is 35.2 Å². The van der Waals surface area contributed by atoms with E-state index in [1.165, 1.54) is 14.0 Å². The standard InChI is InChI=1S/C12H22N4O7.C2H5N3.CH4/c1-12(22-2)3-6(18)9(15-8(20)4-14-16-13)11(23-12)10(21)7(19)5-17;1-2-4-5-3;/h6-7,9-11,17-19,21H,3-5H2,1-2H3,(H,15,20);2H2,1H3;1H4. The second-order valence-corrected chi connectivity index (χ2v) is 5.96. The summed E-state index contributed by atoms with van der Waals surface area (Å²) in [6.45, 7) is 2.64. The lowest BCUT2D eigenvalue weighted by Gasteiger charge is -2.46. The van der Waals surface area contributed by atoms with Gasteiger partial charge in [-0.05, 0) is 18.0 Å². The van der Waals surface area contributed by atoms with Crippen LogP contribution < -0.4 is 5.32 Å². The largest absolute Gasteiger partial charge is 0.394 e. The maximum Gasteiger partial charge on any atom is 0.226 e. The molecule has 14 heteroatoms. The second-order valence-electron chi connectivity index (χ2n) is 5.96. The van der Waals surface area contributed by atoms with Gasteiger partial charge in [0.05, 0.1) is 18.8 Å². The summed E-state index contributed by atoms with van der Waals surface area (Å²) < 4.78 is 10.7. The number of rotatable bonds is 8. The molecule has 0 aromatic heterocycles. The van der Waals surface area contributed by atoms with Crippen LogP contribution in [-0.4, -0.2) is 89.4 Å². The molecule has 29 heavy (non-hydrogen) atoms. The molecule has 1 fully saturated rings. The van der Waals surface area contributed by atoms with Crippen molar-refractivity contribution in [3.05, 3.63) is 20.9 Å². The average molecular weight is 421 g/mol. The lowest BCUT2D eigenvalue weighted by Crippen LogP contribution is -2.65. The lowest BCUT2D eigenvalue weighted by atomic mass is 9.89. The Kier molecular flexibility index (Phi) is 14.8. The first-order valence-corrected chi connectivity index (χ1v) is 8.38. The highest BCUT2D eigenvalue weighted by Crippen LogP contribution is 2.32. The van der Waals surface area contributed by atoms with Gasteiger partial charge in [0, 0.05) is 29.9 Å². The molecule has 5 N–H and O–H groups in total. The van der Waals surface area contributed by atoms with Crippen molar-refractivity contribution < 1.29 is 34.7 Å². The molecule has 14 nitrogen and oxygen atoms in total. The topological polar surface area (TPSA) is 226 Å². The Hall–Kier alpha value is -2.15. The van der Waals surface area contributed by atoms with Gasteiger partial charge in [0.2, 0.25) is 5.91 Å². The fourth-order valence-electron chi connectivity index (χ4n) is 2.44. The molecular formula is C15H31N7O7. The number of hydrogen-bond acceptors (Lipinski definition) is 9. The summed E-state index contributed by atoms with van der Waals surface area (Å²) in [7, 11) is 1.35. The predicted molar refractivity (Wildman–Crippen MR) is 102 cm³/mol. The monoisotopic (exact) mass is 421 g/mol. The highest BCUT2D eigenvalue weighted by Gasteiger charge is 2.49. The highest BCUT2D eigenvalue weighted by atomic mass is 16.7. The highest BCUT2D eigenvalue weighted by molar-refractivity contribution is 5.78. The molecule has 0 aromatic rings. The van der Waals surface area contributed by atoms with Gasteiger partial charge in [-0.2, -0.15) is 0 Å². The number of hydrogen-bond donors (Lipinski definition) is 5. The van der Waals surface area contributed by atoms with Gasteiger partial charge >= 0.3 is 0 Å². The van der Waals surface area contributed by atoms with E-state index in [9.17, 15) is 20.1 Å². The molecule has 168 valence electrons. The van der Waals surface area contributed by atoms with Crippen LogP contribution in [0.1, 0.15) is 27.7 Å². The molecule has 0 aromatic carbocycles. The molecule has 0 radical (unpaired) electrons. The molecule has 1 rings (SSSR count). The minimum absolute atomic E-state index is 0. The van der Waals surface area contributed by atoms with E-state index >= 15 is 0 Å². The fourth-order valence-corrected chi connectivity index (χ4v) is 2.44. The number of methoxy groups -OCH3 is 1. The lowest BCUT2D eigenvalue weighted by molar-refractivity contribution is -0.302. The molecule has 1 heterocycles. The maximum absolute atomic E-state index is 11.7. The predicted octanol–water partition coefficient (Wildman–Crippen LogP) is -0.0393. The maximum atomic E-state index is 11.7. The van der Waals surface area contributed by atoms with E-state index in [0.717, 1.165) is 0 Å². The minimum atomic E-state index is -1.59. The number of ether oxygens (including phenoxy) is 2. The fraction of sp³-hybridized carbons (Fsp3) is 0.933. The van der Waals surface area contributed by atoms with E-state index in [0.29, 0.717) is 6.54 Å². The molecule has 0 saturated carbocycles. The molecular weight excluding hydrogens is 390 g/mol. The van der Waals surface area contributed by atoms with Crippen LogP contribution in [-0.2, 0) is 14.3 Å². The summed E-state index contributed by atoms with van der Waals surface area (Å²) in [4.78, 5) is 16.6. The Bertz CT molecular complexity index is 583. The van der Waals surface area contributed by atoms with Gasteiger partial charge in [0.1, 0.15) is 24.9 Å². The number of nitrogens with one attached hydrogen (secondary N) is 1. The Labute approximate surface area is 168 Å². The third-order valence-electron chi connectivity index (χ3n) is 3.89. The molecule has 1 aliphatic heterocycles. The van der Waals surface area contributed by atoms with Crippen molar-refractivity contribution in [2.24, 2.45) is 10.2 Å². The summed E-state index contributed by atoms with van der Waals surface area (Å²) in [6, 6.07) is -1.09. The number of azide groups is 2. The Balaban J connectivity index is 0. The average Bonchev–Trinajstić information content (AvgIpc) is 2.68. The van der Waals surface area contributed by atoms with Crippen molar-refractivity contribution in [3.63, 3.8) is 0 Å². The number of aliphatic hydroxyl groups is 4. The summed E-state index contributed by atoms with van der Waals surface area (Å²) in [5.41, 5.74) is 15.7. The van der Waals surface area contributed by atoms with Crippen molar-refractivity contribution in [2.75, 3.05) is 26.8 Å². The molecule has 6 unspecified atom stereocenters.